The summed E-state index contributed by atoms with van der Waals surface area (Å²) in [5, 5.41) is 6.97. The summed E-state index contributed by atoms with van der Waals surface area (Å²) in [6, 6.07) is 14.5. The number of hydrogen-bond donors (Lipinski definition) is 1. The van der Waals surface area contributed by atoms with E-state index in [1.807, 2.05) is 37.3 Å². The van der Waals surface area contributed by atoms with Crippen LogP contribution < -0.4 is 10.1 Å². The highest BCUT2D eigenvalue weighted by atomic mass is 35.5. The summed E-state index contributed by atoms with van der Waals surface area (Å²) >= 11 is 5.98. The third kappa shape index (κ3) is 4.16. The van der Waals surface area contributed by atoms with Gasteiger partial charge in [-0.25, -0.2) is 0 Å². The molecule has 1 amide bonds. The number of carbonyl (C=O) groups is 1. The molecule has 7 heteroatoms. The van der Waals surface area contributed by atoms with E-state index in [0.717, 1.165) is 11.1 Å². The molecule has 0 aliphatic rings. The van der Waals surface area contributed by atoms with E-state index in [2.05, 4.69) is 15.5 Å². The summed E-state index contributed by atoms with van der Waals surface area (Å²) in [5.74, 6) is 0.597. The molecule has 3 aromatic rings. The maximum Gasteiger partial charge on any atom is 0.270 e. The van der Waals surface area contributed by atoms with Gasteiger partial charge in [-0.1, -0.05) is 29.8 Å². The molecule has 0 aliphatic heterocycles. The molecule has 6 nitrogen and oxygen atoms in total. The van der Waals surface area contributed by atoms with E-state index in [9.17, 15) is 4.79 Å². The van der Waals surface area contributed by atoms with Crippen LogP contribution in [0.2, 0.25) is 5.02 Å². The predicted octanol–water partition coefficient (Wildman–Crippen LogP) is 4.10. The van der Waals surface area contributed by atoms with Gasteiger partial charge in [0.25, 0.3) is 17.7 Å². The van der Waals surface area contributed by atoms with Gasteiger partial charge in [-0.05, 0) is 54.9 Å². The average molecular weight is 358 g/mol. The van der Waals surface area contributed by atoms with E-state index in [1.165, 1.54) is 0 Å². The van der Waals surface area contributed by atoms with Gasteiger partial charge in [-0.3, -0.25) is 10.1 Å². The molecule has 128 valence electrons. The Bertz CT molecular complexity index is 880. The molecule has 0 spiro atoms. The fourth-order valence-corrected chi connectivity index (χ4v) is 2.25. The minimum absolute atomic E-state index is 0.0894. The number of carbonyl (C=O) groups excluding carboxylic acids is 1. The number of hydrogen-bond acceptors (Lipinski definition) is 5. The number of anilines is 1. The van der Waals surface area contributed by atoms with Crippen LogP contribution >= 0.6 is 11.6 Å². The SMILES string of the molecule is Cc1cc(OC(C)C(=O)Nc2noc(-c3ccccc3)n2)ccc1Cl. The first-order valence-electron chi connectivity index (χ1n) is 7.66. The normalized spacial score (nSPS) is 11.8. The van der Waals surface area contributed by atoms with Gasteiger partial charge in [0.05, 0.1) is 0 Å². The number of nitrogens with zero attached hydrogens (tertiary/aromatic N) is 2. The molecule has 2 aromatic carbocycles. The van der Waals surface area contributed by atoms with E-state index in [4.69, 9.17) is 20.9 Å². The Morgan fingerprint density at radius 3 is 2.72 bits per heavy atom. The Morgan fingerprint density at radius 2 is 2.00 bits per heavy atom. The highest BCUT2D eigenvalue weighted by Crippen LogP contribution is 2.22. The molecule has 1 N–H and O–H groups in total. The fraction of sp³-hybridized carbons (Fsp3) is 0.167. The largest absolute Gasteiger partial charge is 0.481 e. The number of amides is 1. The smallest absolute Gasteiger partial charge is 0.270 e. The maximum absolute atomic E-state index is 12.2. The van der Waals surface area contributed by atoms with E-state index in [-0.39, 0.29) is 11.9 Å². The van der Waals surface area contributed by atoms with Crippen LogP contribution in [0.25, 0.3) is 11.5 Å². The highest BCUT2D eigenvalue weighted by molar-refractivity contribution is 6.31. The van der Waals surface area contributed by atoms with Crippen molar-refractivity contribution in [3.05, 3.63) is 59.1 Å². The van der Waals surface area contributed by atoms with Crippen LogP contribution in [-0.4, -0.2) is 22.2 Å². The average Bonchev–Trinajstić information content (AvgIpc) is 3.07. The first-order valence-corrected chi connectivity index (χ1v) is 8.03. The predicted molar refractivity (Wildman–Crippen MR) is 94.6 cm³/mol. The van der Waals surface area contributed by atoms with E-state index < -0.39 is 6.10 Å². The number of halogens is 1. The minimum atomic E-state index is -0.737. The number of aryl methyl sites for hydroxylation is 1. The van der Waals surface area contributed by atoms with Gasteiger partial charge in [-0.15, -0.1) is 0 Å². The topological polar surface area (TPSA) is 77.2 Å². The third-order valence-corrected chi connectivity index (χ3v) is 3.92. The van der Waals surface area contributed by atoms with Gasteiger partial charge in [0.15, 0.2) is 6.10 Å². The standard InChI is InChI=1S/C18H16ClN3O3/c1-11-10-14(8-9-15(11)19)24-12(2)16(23)20-18-21-17(25-22-18)13-6-4-3-5-7-13/h3-10,12H,1-2H3,(H,20,22,23). The molecule has 0 bridgehead atoms. The van der Waals surface area contributed by atoms with Gasteiger partial charge in [0.1, 0.15) is 5.75 Å². The van der Waals surface area contributed by atoms with E-state index in [1.54, 1.807) is 25.1 Å². The number of aromatic nitrogens is 2. The fourth-order valence-electron chi connectivity index (χ4n) is 2.13. The van der Waals surface area contributed by atoms with Crippen molar-refractivity contribution >= 4 is 23.5 Å². The number of benzene rings is 2. The Morgan fingerprint density at radius 1 is 1.24 bits per heavy atom. The summed E-state index contributed by atoms with van der Waals surface area (Å²) in [7, 11) is 0. The van der Waals surface area contributed by atoms with Crippen molar-refractivity contribution in [2.24, 2.45) is 0 Å². The van der Waals surface area contributed by atoms with Crippen LogP contribution in [0.15, 0.2) is 53.1 Å². The van der Waals surface area contributed by atoms with Crippen molar-refractivity contribution in [3.63, 3.8) is 0 Å². The van der Waals surface area contributed by atoms with Gasteiger partial charge < -0.3 is 9.26 Å². The quantitative estimate of drug-likeness (QED) is 0.743. The lowest BCUT2D eigenvalue weighted by molar-refractivity contribution is -0.122. The first kappa shape index (κ1) is 17.0. The summed E-state index contributed by atoms with van der Waals surface area (Å²) in [4.78, 5) is 16.4. The van der Waals surface area contributed by atoms with Gasteiger partial charge >= 0.3 is 0 Å². The molecule has 0 saturated heterocycles. The minimum Gasteiger partial charge on any atom is -0.481 e. The number of ether oxygens (including phenoxy) is 1. The van der Waals surface area contributed by atoms with Crippen LogP contribution in [0.3, 0.4) is 0 Å². The summed E-state index contributed by atoms with van der Waals surface area (Å²) in [6.07, 6.45) is -0.737. The molecule has 3 rings (SSSR count). The molecule has 25 heavy (non-hydrogen) atoms. The Labute approximate surface area is 149 Å². The summed E-state index contributed by atoms with van der Waals surface area (Å²) < 4.78 is 10.8. The lowest BCUT2D eigenvalue weighted by Gasteiger charge is -2.14. The van der Waals surface area contributed by atoms with Gasteiger partial charge in [-0.2, -0.15) is 4.98 Å². The highest BCUT2D eigenvalue weighted by Gasteiger charge is 2.18. The van der Waals surface area contributed by atoms with Crippen molar-refractivity contribution in [2.45, 2.75) is 20.0 Å². The van der Waals surface area contributed by atoms with E-state index >= 15 is 0 Å². The molecule has 0 saturated carbocycles. The van der Waals surface area contributed by atoms with Crippen LogP contribution in [0.4, 0.5) is 5.95 Å². The number of nitrogens with one attached hydrogen (secondary N) is 1. The summed E-state index contributed by atoms with van der Waals surface area (Å²) in [5.41, 5.74) is 1.65. The second-order valence-corrected chi connectivity index (χ2v) is 5.86. The molecular formula is C18H16ClN3O3. The molecular weight excluding hydrogens is 342 g/mol. The molecule has 0 fully saturated rings. The monoisotopic (exact) mass is 357 g/mol. The molecule has 0 aliphatic carbocycles. The zero-order valence-corrected chi connectivity index (χ0v) is 14.4. The lowest BCUT2D eigenvalue weighted by atomic mass is 10.2. The lowest BCUT2D eigenvalue weighted by Crippen LogP contribution is -2.30. The van der Waals surface area contributed by atoms with Crippen LogP contribution in [-0.2, 0) is 4.79 Å². The Balaban J connectivity index is 1.63. The van der Waals surface area contributed by atoms with Crippen molar-refractivity contribution in [3.8, 4) is 17.2 Å². The van der Waals surface area contributed by atoms with Crippen LogP contribution in [0, 0.1) is 6.92 Å². The van der Waals surface area contributed by atoms with Crippen molar-refractivity contribution in [1.82, 2.24) is 10.1 Å². The Kier molecular flexibility index (Phi) is 5.00. The van der Waals surface area contributed by atoms with Gasteiger partial charge in [0.2, 0.25) is 0 Å². The Hall–Kier alpha value is -2.86. The molecule has 0 radical (unpaired) electrons. The molecule has 1 aromatic heterocycles. The number of rotatable bonds is 5. The molecule has 1 atom stereocenters. The van der Waals surface area contributed by atoms with Crippen molar-refractivity contribution in [2.75, 3.05) is 5.32 Å². The van der Waals surface area contributed by atoms with Crippen molar-refractivity contribution in [1.29, 1.82) is 0 Å². The van der Waals surface area contributed by atoms with Crippen LogP contribution in [0.5, 0.6) is 5.75 Å². The third-order valence-electron chi connectivity index (χ3n) is 3.49. The summed E-state index contributed by atoms with van der Waals surface area (Å²) in [6.45, 7) is 3.50. The van der Waals surface area contributed by atoms with E-state index in [0.29, 0.717) is 16.7 Å². The molecule has 1 heterocycles. The zero-order chi connectivity index (χ0) is 17.8. The second kappa shape index (κ2) is 7.36. The molecule has 1 unspecified atom stereocenters. The van der Waals surface area contributed by atoms with Gasteiger partial charge in [0, 0.05) is 10.6 Å². The zero-order valence-electron chi connectivity index (χ0n) is 13.7. The van der Waals surface area contributed by atoms with Crippen molar-refractivity contribution < 1.29 is 14.1 Å². The maximum atomic E-state index is 12.2. The first-order chi connectivity index (χ1) is 12.0. The van der Waals surface area contributed by atoms with Crippen LogP contribution in [0.1, 0.15) is 12.5 Å². The second-order valence-electron chi connectivity index (χ2n) is 5.45.